The van der Waals surface area contributed by atoms with Crippen molar-refractivity contribution in [3.63, 3.8) is 0 Å². The van der Waals surface area contributed by atoms with Gasteiger partial charge in [0.25, 0.3) is 5.56 Å². The van der Waals surface area contributed by atoms with E-state index in [4.69, 9.17) is 10.5 Å². The number of methoxy groups -OCH3 is 1. The van der Waals surface area contributed by atoms with Crippen molar-refractivity contribution in [1.29, 1.82) is 0 Å². The first kappa shape index (κ1) is 12.7. The van der Waals surface area contributed by atoms with Crippen LogP contribution in [0.15, 0.2) is 46.7 Å². The maximum absolute atomic E-state index is 12.4. The molecule has 0 saturated heterocycles. The molecule has 0 bridgehead atoms. The van der Waals surface area contributed by atoms with Crippen molar-refractivity contribution in [3.05, 3.63) is 57.8 Å². The molecule has 5 heteroatoms. The van der Waals surface area contributed by atoms with Crippen molar-refractivity contribution in [2.45, 2.75) is 6.54 Å². The molecular weight excluding hydrogens is 272 g/mol. The first-order valence-electron chi connectivity index (χ1n) is 6.18. The molecule has 102 valence electrons. The van der Waals surface area contributed by atoms with Crippen molar-refractivity contribution in [3.8, 4) is 5.75 Å². The average molecular weight is 286 g/mol. The number of fused-ring (bicyclic) bond motifs is 1. The Hall–Kier alpha value is -2.27. The van der Waals surface area contributed by atoms with Crippen LogP contribution in [0.1, 0.15) is 5.56 Å². The molecule has 1 aromatic carbocycles. The van der Waals surface area contributed by atoms with Gasteiger partial charge in [-0.05, 0) is 23.6 Å². The number of rotatable bonds is 3. The smallest absolute Gasteiger partial charge is 0.259 e. The first-order valence-corrected chi connectivity index (χ1v) is 7.06. The van der Waals surface area contributed by atoms with Gasteiger partial charge in [0.2, 0.25) is 0 Å². The van der Waals surface area contributed by atoms with E-state index in [-0.39, 0.29) is 5.56 Å². The number of hydrogen-bond donors (Lipinski definition) is 1. The normalized spacial score (nSPS) is 10.8. The first-order chi connectivity index (χ1) is 9.69. The minimum absolute atomic E-state index is 0.0163. The van der Waals surface area contributed by atoms with Crippen LogP contribution in [0.4, 0.5) is 5.69 Å². The monoisotopic (exact) mass is 286 g/mol. The summed E-state index contributed by atoms with van der Waals surface area (Å²) < 4.78 is 8.01. The average Bonchev–Trinajstić information content (AvgIpc) is 2.93. The van der Waals surface area contributed by atoms with Crippen LogP contribution in [0.5, 0.6) is 5.75 Å². The number of thiophene rings is 1. The molecule has 0 aliphatic rings. The predicted octanol–water partition coefficient (Wildman–Crippen LogP) is 2.70. The standard InChI is InChI=1S/C15H14N2O2S/c1-19-13-8-11(16)3-2-10(13)9-17-6-4-14-12(15(17)18)5-7-20-14/h2-8H,9,16H2,1H3. The lowest BCUT2D eigenvalue weighted by molar-refractivity contribution is 0.408. The number of anilines is 1. The Morgan fingerprint density at radius 3 is 2.95 bits per heavy atom. The Morgan fingerprint density at radius 1 is 1.30 bits per heavy atom. The molecule has 3 aromatic rings. The fraction of sp³-hybridized carbons (Fsp3) is 0.133. The molecule has 0 fully saturated rings. The summed E-state index contributed by atoms with van der Waals surface area (Å²) in [6, 6.07) is 9.29. The summed E-state index contributed by atoms with van der Waals surface area (Å²) in [7, 11) is 1.60. The van der Waals surface area contributed by atoms with Gasteiger partial charge in [0.1, 0.15) is 5.75 Å². The van der Waals surface area contributed by atoms with Crippen molar-refractivity contribution in [1.82, 2.24) is 4.57 Å². The lowest BCUT2D eigenvalue weighted by atomic mass is 10.1. The predicted molar refractivity (Wildman–Crippen MR) is 82.6 cm³/mol. The molecule has 2 N–H and O–H groups in total. The van der Waals surface area contributed by atoms with Crippen molar-refractivity contribution < 1.29 is 4.74 Å². The lowest BCUT2D eigenvalue weighted by Gasteiger charge is -2.11. The molecule has 0 aliphatic carbocycles. The summed E-state index contributed by atoms with van der Waals surface area (Å²) >= 11 is 1.57. The fourth-order valence-electron chi connectivity index (χ4n) is 2.21. The molecule has 0 saturated carbocycles. The quantitative estimate of drug-likeness (QED) is 0.753. The third-order valence-corrected chi connectivity index (χ3v) is 4.13. The van der Waals surface area contributed by atoms with E-state index in [2.05, 4.69) is 0 Å². The maximum atomic E-state index is 12.4. The van der Waals surface area contributed by atoms with E-state index in [1.54, 1.807) is 29.1 Å². The lowest BCUT2D eigenvalue weighted by Crippen LogP contribution is -2.19. The molecule has 0 spiro atoms. The molecule has 4 nitrogen and oxygen atoms in total. The number of hydrogen-bond acceptors (Lipinski definition) is 4. The maximum Gasteiger partial charge on any atom is 0.259 e. The van der Waals surface area contributed by atoms with E-state index in [9.17, 15) is 4.79 Å². The molecule has 2 heterocycles. The highest BCUT2D eigenvalue weighted by Crippen LogP contribution is 2.23. The van der Waals surface area contributed by atoms with E-state index >= 15 is 0 Å². The minimum atomic E-state index is 0.0163. The second-order valence-corrected chi connectivity index (χ2v) is 5.47. The summed E-state index contributed by atoms with van der Waals surface area (Å²) in [5.74, 6) is 0.697. The van der Waals surface area contributed by atoms with Gasteiger partial charge < -0.3 is 15.0 Å². The third-order valence-electron chi connectivity index (χ3n) is 3.24. The van der Waals surface area contributed by atoms with Crippen LogP contribution in [0.25, 0.3) is 10.1 Å². The number of nitrogen functional groups attached to an aromatic ring is 1. The van der Waals surface area contributed by atoms with Gasteiger partial charge in [-0.3, -0.25) is 4.79 Å². The van der Waals surface area contributed by atoms with Gasteiger partial charge in [-0.25, -0.2) is 0 Å². The molecule has 3 rings (SSSR count). The zero-order valence-corrected chi connectivity index (χ0v) is 11.8. The van der Waals surface area contributed by atoms with Crippen molar-refractivity contribution >= 4 is 27.1 Å². The van der Waals surface area contributed by atoms with E-state index in [1.165, 1.54) is 0 Å². The topological polar surface area (TPSA) is 57.2 Å². The van der Waals surface area contributed by atoms with Crippen LogP contribution >= 0.6 is 11.3 Å². The van der Waals surface area contributed by atoms with E-state index in [0.717, 1.165) is 15.6 Å². The zero-order chi connectivity index (χ0) is 14.1. The van der Waals surface area contributed by atoms with Gasteiger partial charge in [-0.15, -0.1) is 11.3 Å². The zero-order valence-electron chi connectivity index (χ0n) is 11.0. The molecule has 0 amide bonds. The highest BCUT2D eigenvalue weighted by Gasteiger charge is 2.08. The van der Waals surface area contributed by atoms with E-state index < -0.39 is 0 Å². The van der Waals surface area contributed by atoms with Gasteiger partial charge in [0.05, 0.1) is 19.0 Å². The van der Waals surface area contributed by atoms with Crippen molar-refractivity contribution in [2.24, 2.45) is 0 Å². The summed E-state index contributed by atoms with van der Waals surface area (Å²) in [4.78, 5) is 12.4. The third kappa shape index (κ3) is 2.16. The van der Waals surface area contributed by atoms with Crippen molar-refractivity contribution in [2.75, 3.05) is 12.8 Å². The highest BCUT2D eigenvalue weighted by molar-refractivity contribution is 7.17. The summed E-state index contributed by atoms with van der Waals surface area (Å²) in [5, 5.41) is 2.69. The molecule has 2 aromatic heterocycles. The number of nitrogens with two attached hydrogens (primary N) is 1. The van der Waals surface area contributed by atoms with Crippen LogP contribution in [-0.4, -0.2) is 11.7 Å². The highest BCUT2D eigenvalue weighted by atomic mass is 32.1. The van der Waals surface area contributed by atoms with Crippen LogP contribution in [0.3, 0.4) is 0 Å². The summed E-state index contributed by atoms with van der Waals surface area (Å²) in [6.45, 7) is 0.466. The molecule has 20 heavy (non-hydrogen) atoms. The number of aromatic nitrogens is 1. The van der Waals surface area contributed by atoms with Crippen LogP contribution in [0, 0.1) is 0 Å². The SMILES string of the molecule is COc1cc(N)ccc1Cn1ccc2sccc2c1=O. The fourth-order valence-corrected chi connectivity index (χ4v) is 2.98. The van der Waals surface area contributed by atoms with Gasteiger partial charge >= 0.3 is 0 Å². The molecular formula is C15H14N2O2S. The number of ether oxygens (including phenoxy) is 1. The summed E-state index contributed by atoms with van der Waals surface area (Å²) in [5.41, 5.74) is 7.33. The largest absolute Gasteiger partial charge is 0.496 e. The number of pyridine rings is 1. The Balaban J connectivity index is 2.05. The van der Waals surface area contributed by atoms with Gasteiger partial charge in [0, 0.05) is 28.2 Å². The molecule has 0 aliphatic heterocycles. The van der Waals surface area contributed by atoms with Crippen LogP contribution in [0.2, 0.25) is 0 Å². The molecule has 0 unspecified atom stereocenters. The molecule has 0 radical (unpaired) electrons. The van der Waals surface area contributed by atoms with E-state index in [0.29, 0.717) is 18.0 Å². The van der Waals surface area contributed by atoms with E-state index in [1.807, 2.05) is 35.8 Å². The second-order valence-electron chi connectivity index (χ2n) is 4.52. The number of nitrogens with zero attached hydrogens (tertiary/aromatic N) is 1. The molecule has 0 atom stereocenters. The Labute approximate surface area is 120 Å². The Bertz CT molecular complexity index is 820. The second kappa shape index (κ2) is 5.02. The van der Waals surface area contributed by atoms with Gasteiger partial charge in [-0.2, -0.15) is 0 Å². The van der Waals surface area contributed by atoms with Gasteiger partial charge in [-0.1, -0.05) is 6.07 Å². The number of benzene rings is 1. The van der Waals surface area contributed by atoms with Crippen LogP contribution < -0.4 is 16.0 Å². The Morgan fingerprint density at radius 2 is 2.15 bits per heavy atom. The van der Waals surface area contributed by atoms with Crippen LogP contribution in [-0.2, 0) is 6.54 Å². The summed E-state index contributed by atoms with van der Waals surface area (Å²) in [6.07, 6.45) is 1.82. The Kier molecular flexibility index (Phi) is 3.20. The van der Waals surface area contributed by atoms with Gasteiger partial charge in [0.15, 0.2) is 0 Å². The minimum Gasteiger partial charge on any atom is -0.496 e.